The lowest BCUT2D eigenvalue weighted by Gasteiger charge is -2.13. The molecule has 0 aliphatic carbocycles. The molecule has 2 rings (SSSR count). The molecule has 5 nitrogen and oxygen atoms in total. The fourth-order valence-corrected chi connectivity index (χ4v) is 2.33. The molecule has 0 radical (unpaired) electrons. The molecule has 0 unspecified atom stereocenters. The molecular formula is C18H22N2O3S. The van der Waals surface area contributed by atoms with Crippen LogP contribution in [0.2, 0.25) is 0 Å². The molecule has 0 amide bonds. The van der Waals surface area contributed by atoms with Crippen molar-refractivity contribution in [1.82, 2.24) is 5.32 Å². The van der Waals surface area contributed by atoms with Crippen molar-refractivity contribution in [1.29, 1.82) is 0 Å². The van der Waals surface area contributed by atoms with Crippen molar-refractivity contribution < 1.29 is 14.2 Å². The minimum absolute atomic E-state index is 0.538. The molecule has 128 valence electrons. The lowest BCUT2D eigenvalue weighted by atomic mass is 10.2. The van der Waals surface area contributed by atoms with Gasteiger partial charge in [-0.05, 0) is 49.0 Å². The van der Waals surface area contributed by atoms with Crippen LogP contribution >= 0.6 is 12.2 Å². The Kier molecular flexibility index (Phi) is 6.69. The third-order valence-corrected chi connectivity index (χ3v) is 3.58. The smallest absolute Gasteiger partial charge is 0.171 e. The van der Waals surface area contributed by atoms with Gasteiger partial charge in [-0.15, -0.1) is 0 Å². The Morgan fingerprint density at radius 3 is 2.33 bits per heavy atom. The second kappa shape index (κ2) is 8.98. The maximum atomic E-state index is 5.43. The van der Waals surface area contributed by atoms with E-state index in [2.05, 4.69) is 10.6 Å². The van der Waals surface area contributed by atoms with E-state index in [1.165, 1.54) is 0 Å². The minimum Gasteiger partial charge on any atom is -0.494 e. The van der Waals surface area contributed by atoms with E-state index in [1.54, 1.807) is 14.2 Å². The molecule has 0 atom stereocenters. The number of thiocarbonyl (C=S) groups is 1. The molecule has 2 N–H and O–H groups in total. The maximum absolute atomic E-state index is 5.43. The number of hydrogen-bond acceptors (Lipinski definition) is 4. The topological polar surface area (TPSA) is 51.8 Å². The van der Waals surface area contributed by atoms with E-state index in [9.17, 15) is 0 Å². The van der Waals surface area contributed by atoms with Gasteiger partial charge in [-0.25, -0.2) is 0 Å². The highest BCUT2D eigenvalue weighted by Crippen LogP contribution is 2.29. The molecule has 0 aliphatic rings. The van der Waals surface area contributed by atoms with Gasteiger partial charge in [-0.2, -0.15) is 0 Å². The number of methoxy groups -OCH3 is 2. The van der Waals surface area contributed by atoms with Gasteiger partial charge < -0.3 is 24.8 Å². The van der Waals surface area contributed by atoms with Crippen molar-refractivity contribution >= 4 is 23.0 Å². The van der Waals surface area contributed by atoms with Crippen LogP contribution in [-0.2, 0) is 6.54 Å². The molecule has 24 heavy (non-hydrogen) atoms. The molecule has 2 aromatic rings. The lowest BCUT2D eigenvalue weighted by molar-refractivity contribution is 0.340. The molecule has 0 fully saturated rings. The van der Waals surface area contributed by atoms with Crippen molar-refractivity contribution in [3.05, 3.63) is 48.0 Å². The summed E-state index contributed by atoms with van der Waals surface area (Å²) in [6.07, 6.45) is 0. The molecule has 0 saturated heterocycles. The molecule has 0 heterocycles. The van der Waals surface area contributed by atoms with E-state index in [4.69, 9.17) is 26.4 Å². The van der Waals surface area contributed by atoms with Gasteiger partial charge in [-0.1, -0.05) is 12.1 Å². The lowest BCUT2D eigenvalue weighted by Crippen LogP contribution is -2.27. The molecule has 6 heteroatoms. The summed E-state index contributed by atoms with van der Waals surface area (Å²) in [5.74, 6) is 2.19. The van der Waals surface area contributed by atoms with Gasteiger partial charge in [0.15, 0.2) is 16.6 Å². The maximum Gasteiger partial charge on any atom is 0.171 e. The van der Waals surface area contributed by atoms with Crippen molar-refractivity contribution in [2.45, 2.75) is 13.5 Å². The molecule has 2 aromatic carbocycles. The number of hydrogen-bond donors (Lipinski definition) is 2. The molecule has 0 saturated carbocycles. The van der Waals surface area contributed by atoms with E-state index < -0.39 is 0 Å². The Labute approximate surface area is 147 Å². The number of rotatable bonds is 7. The van der Waals surface area contributed by atoms with Crippen LogP contribution in [0.25, 0.3) is 0 Å². The zero-order chi connectivity index (χ0) is 17.4. The average Bonchev–Trinajstić information content (AvgIpc) is 2.61. The highest BCUT2D eigenvalue weighted by Gasteiger charge is 2.05. The van der Waals surface area contributed by atoms with Gasteiger partial charge in [0.1, 0.15) is 5.75 Å². The summed E-state index contributed by atoms with van der Waals surface area (Å²) >= 11 is 5.32. The van der Waals surface area contributed by atoms with E-state index >= 15 is 0 Å². The van der Waals surface area contributed by atoms with Crippen LogP contribution in [0.1, 0.15) is 12.5 Å². The van der Waals surface area contributed by atoms with Crippen LogP contribution in [0.3, 0.4) is 0 Å². The summed E-state index contributed by atoms with van der Waals surface area (Å²) in [4.78, 5) is 0. The summed E-state index contributed by atoms with van der Waals surface area (Å²) < 4.78 is 15.9. The van der Waals surface area contributed by atoms with Crippen molar-refractivity contribution in [2.24, 2.45) is 0 Å². The third kappa shape index (κ3) is 5.03. The zero-order valence-electron chi connectivity index (χ0n) is 14.1. The van der Waals surface area contributed by atoms with E-state index in [1.807, 2.05) is 49.4 Å². The Bertz CT molecular complexity index is 674. The standard InChI is InChI=1S/C18H22N2O3S/c1-4-23-15-8-5-13(6-9-15)12-19-18(24)20-14-7-10-16(21-2)17(11-14)22-3/h5-11H,4,12H2,1-3H3,(H2,19,20,24). The van der Waals surface area contributed by atoms with Gasteiger partial charge >= 0.3 is 0 Å². The highest BCUT2D eigenvalue weighted by atomic mass is 32.1. The minimum atomic E-state index is 0.538. The second-order valence-corrected chi connectivity index (χ2v) is 5.36. The Morgan fingerprint density at radius 1 is 1.00 bits per heavy atom. The molecule has 0 aromatic heterocycles. The molecule has 0 aliphatic heterocycles. The van der Waals surface area contributed by atoms with Crippen LogP contribution in [0.15, 0.2) is 42.5 Å². The summed E-state index contributed by atoms with van der Waals surface area (Å²) in [7, 11) is 3.21. The first-order valence-electron chi connectivity index (χ1n) is 7.65. The fourth-order valence-electron chi connectivity index (χ4n) is 2.14. The average molecular weight is 346 g/mol. The van der Waals surface area contributed by atoms with Crippen LogP contribution in [0.4, 0.5) is 5.69 Å². The van der Waals surface area contributed by atoms with Crippen LogP contribution in [-0.4, -0.2) is 25.9 Å². The van der Waals surface area contributed by atoms with Crippen molar-refractivity contribution in [3.63, 3.8) is 0 Å². The fraction of sp³-hybridized carbons (Fsp3) is 0.278. The van der Waals surface area contributed by atoms with E-state index in [0.717, 1.165) is 17.0 Å². The van der Waals surface area contributed by atoms with Crippen LogP contribution in [0, 0.1) is 0 Å². The molecule has 0 spiro atoms. The van der Waals surface area contributed by atoms with E-state index in [0.29, 0.717) is 29.8 Å². The molecular weight excluding hydrogens is 324 g/mol. The second-order valence-electron chi connectivity index (χ2n) is 4.95. The first-order valence-corrected chi connectivity index (χ1v) is 8.05. The predicted molar refractivity (Wildman–Crippen MR) is 100 cm³/mol. The monoisotopic (exact) mass is 346 g/mol. The summed E-state index contributed by atoms with van der Waals surface area (Å²) in [6.45, 7) is 3.26. The summed E-state index contributed by atoms with van der Waals surface area (Å²) in [6, 6.07) is 13.5. The third-order valence-electron chi connectivity index (χ3n) is 3.33. The summed E-state index contributed by atoms with van der Waals surface area (Å²) in [5.41, 5.74) is 1.95. The van der Waals surface area contributed by atoms with Gasteiger partial charge in [0.25, 0.3) is 0 Å². The van der Waals surface area contributed by atoms with Crippen LogP contribution < -0.4 is 24.8 Å². The van der Waals surface area contributed by atoms with Gasteiger partial charge in [-0.3, -0.25) is 0 Å². The van der Waals surface area contributed by atoms with Gasteiger partial charge in [0.05, 0.1) is 20.8 Å². The zero-order valence-corrected chi connectivity index (χ0v) is 14.9. The Morgan fingerprint density at radius 2 is 1.71 bits per heavy atom. The number of benzene rings is 2. The van der Waals surface area contributed by atoms with Crippen molar-refractivity contribution in [2.75, 3.05) is 26.1 Å². The van der Waals surface area contributed by atoms with Gasteiger partial charge in [0, 0.05) is 18.3 Å². The van der Waals surface area contributed by atoms with E-state index in [-0.39, 0.29) is 0 Å². The van der Waals surface area contributed by atoms with Gasteiger partial charge in [0.2, 0.25) is 0 Å². The number of nitrogens with one attached hydrogen (secondary N) is 2. The Hall–Kier alpha value is -2.47. The van der Waals surface area contributed by atoms with Crippen LogP contribution in [0.5, 0.6) is 17.2 Å². The summed E-state index contributed by atoms with van der Waals surface area (Å²) in [5, 5.41) is 6.84. The normalized spacial score (nSPS) is 9.96. The number of anilines is 1. The number of ether oxygens (including phenoxy) is 3. The quantitative estimate of drug-likeness (QED) is 0.747. The highest BCUT2D eigenvalue weighted by molar-refractivity contribution is 7.80. The first kappa shape index (κ1) is 17.9. The predicted octanol–water partition coefficient (Wildman–Crippen LogP) is 3.59. The SMILES string of the molecule is CCOc1ccc(CNC(=S)Nc2ccc(OC)c(OC)c2)cc1. The Balaban J connectivity index is 1.89. The largest absolute Gasteiger partial charge is 0.494 e. The molecule has 0 bridgehead atoms. The van der Waals surface area contributed by atoms with Crippen molar-refractivity contribution in [3.8, 4) is 17.2 Å². The first-order chi connectivity index (χ1) is 11.7.